The third-order valence-electron chi connectivity index (χ3n) is 3.34. The van der Waals surface area contributed by atoms with E-state index in [-0.39, 0.29) is 18.3 Å². The van der Waals surface area contributed by atoms with Crippen molar-refractivity contribution in [3.05, 3.63) is 24.3 Å². The second kappa shape index (κ2) is 8.52. The van der Waals surface area contributed by atoms with Gasteiger partial charge in [0, 0.05) is 36.3 Å². The molecule has 1 aromatic carbocycles. The van der Waals surface area contributed by atoms with Crippen molar-refractivity contribution in [2.45, 2.75) is 17.9 Å². The van der Waals surface area contributed by atoms with Crippen LogP contribution < -0.4 is 10.6 Å². The van der Waals surface area contributed by atoms with Crippen LogP contribution in [0.15, 0.2) is 29.2 Å². The summed E-state index contributed by atoms with van der Waals surface area (Å²) in [7, 11) is 0. The first kappa shape index (κ1) is 17.3. The van der Waals surface area contributed by atoms with Gasteiger partial charge in [-0.05, 0) is 31.4 Å². The highest BCUT2D eigenvalue weighted by Crippen LogP contribution is 2.18. The molecule has 0 radical (unpaired) electrons. The van der Waals surface area contributed by atoms with E-state index in [1.807, 2.05) is 30.5 Å². The smallest absolute Gasteiger partial charge is 0.238 e. The van der Waals surface area contributed by atoms with E-state index >= 15 is 0 Å². The van der Waals surface area contributed by atoms with Crippen molar-refractivity contribution in [2.24, 2.45) is 0 Å². The molecule has 0 aliphatic carbocycles. The minimum absolute atomic E-state index is 0. The van der Waals surface area contributed by atoms with Crippen molar-refractivity contribution in [3.8, 4) is 0 Å². The molecule has 1 saturated heterocycles. The largest absolute Gasteiger partial charge is 0.325 e. The molecule has 2 rings (SSSR count). The molecule has 20 heavy (non-hydrogen) atoms. The first-order valence-electron chi connectivity index (χ1n) is 6.57. The second-order valence-electron chi connectivity index (χ2n) is 4.80. The quantitative estimate of drug-likeness (QED) is 0.835. The van der Waals surface area contributed by atoms with Crippen molar-refractivity contribution >= 4 is 35.8 Å². The predicted octanol–water partition coefficient (Wildman–Crippen LogP) is 2.06. The van der Waals surface area contributed by atoms with Gasteiger partial charge >= 0.3 is 0 Å². The monoisotopic (exact) mass is 315 g/mol. The van der Waals surface area contributed by atoms with Gasteiger partial charge in [0.2, 0.25) is 5.91 Å². The van der Waals surface area contributed by atoms with Crippen LogP contribution in [0.2, 0.25) is 0 Å². The van der Waals surface area contributed by atoms with Crippen molar-refractivity contribution in [1.82, 2.24) is 10.2 Å². The topological polar surface area (TPSA) is 44.4 Å². The van der Waals surface area contributed by atoms with Gasteiger partial charge in [-0.2, -0.15) is 0 Å². The summed E-state index contributed by atoms with van der Waals surface area (Å²) in [4.78, 5) is 15.4. The Morgan fingerprint density at radius 1 is 1.55 bits per heavy atom. The van der Waals surface area contributed by atoms with Crippen LogP contribution in [-0.4, -0.2) is 49.3 Å². The molecule has 1 fully saturated rings. The number of nitrogens with one attached hydrogen (secondary N) is 2. The highest BCUT2D eigenvalue weighted by molar-refractivity contribution is 7.98. The van der Waals surface area contributed by atoms with Crippen LogP contribution in [0, 0.1) is 0 Å². The Bertz CT molecular complexity index is 444. The molecule has 2 N–H and O–H groups in total. The maximum atomic E-state index is 12.0. The van der Waals surface area contributed by atoms with Gasteiger partial charge in [0.15, 0.2) is 0 Å². The summed E-state index contributed by atoms with van der Waals surface area (Å²) in [6.45, 7) is 5.45. The Morgan fingerprint density at radius 2 is 2.35 bits per heavy atom. The summed E-state index contributed by atoms with van der Waals surface area (Å²) in [6, 6.07) is 8.35. The first-order chi connectivity index (χ1) is 9.19. The molecular weight excluding hydrogens is 294 g/mol. The maximum Gasteiger partial charge on any atom is 0.238 e. The number of halogens is 1. The zero-order chi connectivity index (χ0) is 13.7. The Balaban J connectivity index is 0.00000200. The number of benzene rings is 1. The van der Waals surface area contributed by atoms with Crippen LogP contribution in [0.4, 0.5) is 5.69 Å². The normalized spacial score (nSPS) is 19.2. The number of amides is 1. The van der Waals surface area contributed by atoms with Gasteiger partial charge in [-0.1, -0.05) is 6.07 Å². The van der Waals surface area contributed by atoms with Crippen LogP contribution in [-0.2, 0) is 4.79 Å². The highest BCUT2D eigenvalue weighted by atomic mass is 35.5. The Labute approximate surface area is 131 Å². The van der Waals surface area contributed by atoms with Gasteiger partial charge in [0.25, 0.3) is 0 Å². The summed E-state index contributed by atoms with van der Waals surface area (Å²) in [5.74, 6) is 0.0620. The first-order valence-corrected chi connectivity index (χ1v) is 7.80. The van der Waals surface area contributed by atoms with Gasteiger partial charge in [0.1, 0.15) is 0 Å². The van der Waals surface area contributed by atoms with Gasteiger partial charge in [-0.15, -0.1) is 24.2 Å². The summed E-state index contributed by atoms with van der Waals surface area (Å²) < 4.78 is 0. The fraction of sp³-hybridized carbons (Fsp3) is 0.500. The number of hydrogen-bond acceptors (Lipinski definition) is 4. The van der Waals surface area contributed by atoms with E-state index in [0.717, 1.165) is 30.2 Å². The molecule has 1 aromatic rings. The molecule has 112 valence electrons. The summed E-state index contributed by atoms with van der Waals surface area (Å²) in [6.07, 6.45) is 2.03. The minimum atomic E-state index is 0. The van der Waals surface area contributed by atoms with Crippen LogP contribution >= 0.6 is 24.2 Å². The highest BCUT2D eigenvalue weighted by Gasteiger charge is 2.20. The van der Waals surface area contributed by atoms with Crippen LogP contribution in [0.1, 0.15) is 6.92 Å². The fourth-order valence-electron chi connectivity index (χ4n) is 2.20. The lowest BCUT2D eigenvalue weighted by Crippen LogP contribution is -2.51. The van der Waals surface area contributed by atoms with Gasteiger partial charge in [0.05, 0.1) is 6.54 Å². The van der Waals surface area contributed by atoms with Crippen LogP contribution in [0.5, 0.6) is 0 Å². The van der Waals surface area contributed by atoms with E-state index in [2.05, 4.69) is 22.5 Å². The van der Waals surface area contributed by atoms with Crippen LogP contribution in [0.25, 0.3) is 0 Å². The number of nitrogens with zero attached hydrogens (tertiary/aromatic N) is 1. The number of thioether (sulfide) groups is 1. The Morgan fingerprint density at radius 3 is 3.05 bits per heavy atom. The zero-order valence-electron chi connectivity index (χ0n) is 11.9. The molecular formula is C14H22ClN3OS. The maximum absolute atomic E-state index is 12.0. The summed E-state index contributed by atoms with van der Waals surface area (Å²) in [5, 5.41) is 6.30. The molecule has 0 bridgehead atoms. The van der Waals surface area contributed by atoms with Crippen LogP contribution in [0.3, 0.4) is 0 Å². The number of anilines is 1. The third-order valence-corrected chi connectivity index (χ3v) is 4.06. The molecule has 0 saturated carbocycles. The van der Waals surface area contributed by atoms with Gasteiger partial charge in [-0.3, -0.25) is 9.69 Å². The average molecular weight is 316 g/mol. The second-order valence-corrected chi connectivity index (χ2v) is 5.68. The lowest BCUT2D eigenvalue weighted by atomic mass is 10.2. The molecule has 0 unspecified atom stereocenters. The number of piperazine rings is 1. The van der Waals surface area contributed by atoms with Crippen molar-refractivity contribution in [2.75, 3.05) is 37.8 Å². The Kier molecular flexibility index (Phi) is 7.37. The molecule has 0 spiro atoms. The van der Waals surface area contributed by atoms with E-state index in [0.29, 0.717) is 12.6 Å². The Hall–Kier alpha value is -0.750. The van der Waals surface area contributed by atoms with Crippen molar-refractivity contribution in [3.63, 3.8) is 0 Å². The average Bonchev–Trinajstić information content (AvgIpc) is 2.41. The molecule has 1 heterocycles. The molecule has 0 aromatic heterocycles. The molecule has 1 amide bonds. The molecule has 6 heteroatoms. The zero-order valence-corrected chi connectivity index (χ0v) is 13.5. The van der Waals surface area contributed by atoms with E-state index in [4.69, 9.17) is 0 Å². The molecule has 1 atom stereocenters. The number of rotatable bonds is 4. The lowest BCUT2D eigenvalue weighted by molar-refractivity contribution is -0.118. The van der Waals surface area contributed by atoms with E-state index in [1.165, 1.54) is 0 Å². The molecule has 1 aliphatic rings. The van der Waals surface area contributed by atoms with Crippen molar-refractivity contribution in [1.29, 1.82) is 0 Å². The van der Waals surface area contributed by atoms with E-state index in [9.17, 15) is 4.79 Å². The fourth-order valence-corrected chi connectivity index (χ4v) is 2.66. The predicted molar refractivity (Wildman–Crippen MR) is 88.0 cm³/mol. The standard InChI is InChI=1S/C14H21N3OS.ClH/c1-11-9-15-6-7-17(11)10-14(18)16-12-4-3-5-13(8-12)19-2;/h3-5,8,11,15H,6-7,9-10H2,1-2H3,(H,16,18);1H/t11-;/m1./s1. The minimum Gasteiger partial charge on any atom is -0.325 e. The third kappa shape index (κ3) is 4.98. The van der Waals surface area contributed by atoms with E-state index < -0.39 is 0 Å². The van der Waals surface area contributed by atoms with Crippen molar-refractivity contribution < 1.29 is 4.79 Å². The molecule has 1 aliphatic heterocycles. The van der Waals surface area contributed by atoms with Gasteiger partial charge in [-0.25, -0.2) is 0 Å². The SMILES string of the molecule is CSc1cccc(NC(=O)CN2CCNC[C@H]2C)c1.Cl. The van der Waals surface area contributed by atoms with Gasteiger partial charge < -0.3 is 10.6 Å². The van der Waals surface area contributed by atoms with E-state index in [1.54, 1.807) is 11.8 Å². The lowest BCUT2D eigenvalue weighted by Gasteiger charge is -2.33. The molecule has 4 nitrogen and oxygen atoms in total. The number of carbonyl (C=O) groups excluding carboxylic acids is 1. The summed E-state index contributed by atoms with van der Waals surface area (Å²) >= 11 is 1.68. The number of carbonyl (C=O) groups is 1. The summed E-state index contributed by atoms with van der Waals surface area (Å²) in [5.41, 5.74) is 0.875. The number of hydrogen-bond donors (Lipinski definition) is 2.